The largest absolute Gasteiger partial charge is 0.399 e. The number of aromatic nitrogens is 3. The summed E-state index contributed by atoms with van der Waals surface area (Å²) >= 11 is 1.58. The van der Waals surface area contributed by atoms with E-state index in [9.17, 15) is 4.79 Å². The van der Waals surface area contributed by atoms with Gasteiger partial charge >= 0.3 is 0 Å². The number of nitrogen functional groups attached to an aromatic ring is 1. The molecule has 0 aliphatic carbocycles. The maximum atomic E-state index is 13.3. The predicted octanol–water partition coefficient (Wildman–Crippen LogP) is 7.29. The lowest BCUT2D eigenvalue weighted by Gasteiger charge is -2.19. The first-order valence-corrected chi connectivity index (χ1v) is 13.9. The standard InChI is InChI=1S/C32H32N6OS/c1-20(21-8-6-5-7-9-21)36-31(39)22-10-16-27(40-24-13-11-23(33)12-14-24)26(18-22)37-29-25-15-17-28(32(2,3)4)38-30(25)35-19-34-29/h5-20H,33H2,1-4H3,(H,36,39)(H,34,35,37,38)/t20-/m0/s1. The fourth-order valence-corrected chi connectivity index (χ4v) is 5.10. The maximum Gasteiger partial charge on any atom is 0.251 e. The minimum atomic E-state index is -0.160. The highest BCUT2D eigenvalue weighted by Gasteiger charge is 2.18. The SMILES string of the molecule is C[C@H](NC(=O)c1ccc(Sc2ccc(N)cc2)c(Nc2ncnc3nc(C(C)(C)C)ccc23)c1)c1ccccc1. The van der Waals surface area contributed by atoms with Crippen molar-refractivity contribution >= 4 is 45.9 Å². The van der Waals surface area contributed by atoms with Crippen molar-refractivity contribution < 1.29 is 4.79 Å². The molecule has 8 heteroatoms. The van der Waals surface area contributed by atoms with Crippen LogP contribution in [0.15, 0.2) is 101 Å². The second-order valence-corrected chi connectivity index (χ2v) is 11.8. The number of hydrogen-bond acceptors (Lipinski definition) is 7. The lowest BCUT2D eigenvalue weighted by atomic mass is 9.91. The Morgan fingerprint density at radius 2 is 1.68 bits per heavy atom. The molecule has 2 heterocycles. The number of amides is 1. The van der Waals surface area contributed by atoms with E-state index in [1.54, 1.807) is 11.8 Å². The van der Waals surface area contributed by atoms with Gasteiger partial charge in [0.2, 0.25) is 0 Å². The second kappa shape index (κ2) is 11.4. The zero-order chi connectivity index (χ0) is 28.3. The molecule has 0 saturated carbocycles. The molecule has 1 amide bonds. The van der Waals surface area contributed by atoms with E-state index >= 15 is 0 Å². The third-order valence-electron chi connectivity index (χ3n) is 6.52. The fourth-order valence-electron chi connectivity index (χ4n) is 4.21. The topological polar surface area (TPSA) is 106 Å². The van der Waals surface area contributed by atoms with Crippen LogP contribution in [-0.2, 0) is 5.41 Å². The Bertz CT molecular complexity index is 1650. The molecule has 2 aromatic heterocycles. The summed E-state index contributed by atoms with van der Waals surface area (Å²) in [7, 11) is 0. The van der Waals surface area contributed by atoms with Crippen LogP contribution in [0.3, 0.4) is 0 Å². The highest BCUT2D eigenvalue weighted by Crippen LogP contribution is 2.37. The Kier molecular flexibility index (Phi) is 7.71. The molecule has 0 unspecified atom stereocenters. The van der Waals surface area contributed by atoms with Gasteiger partial charge in [-0.1, -0.05) is 62.9 Å². The molecular weight excluding hydrogens is 516 g/mol. The van der Waals surface area contributed by atoms with Crippen molar-refractivity contribution in [1.29, 1.82) is 0 Å². The number of nitrogens with two attached hydrogens (primary N) is 1. The van der Waals surface area contributed by atoms with Gasteiger partial charge in [-0.15, -0.1) is 0 Å². The number of rotatable bonds is 7. The van der Waals surface area contributed by atoms with Crippen LogP contribution in [0.25, 0.3) is 11.0 Å². The van der Waals surface area contributed by atoms with Crippen molar-refractivity contribution in [3.63, 3.8) is 0 Å². The first-order valence-electron chi connectivity index (χ1n) is 13.1. The molecule has 0 fully saturated rings. The molecule has 202 valence electrons. The van der Waals surface area contributed by atoms with Crippen LogP contribution in [0.2, 0.25) is 0 Å². The maximum absolute atomic E-state index is 13.3. The molecule has 7 nitrogen and oxygen atoms in total. The van der Waals surface area contributed by atoms with Crippen LogP contribution in [0.4, 0.5) is 17.2 Å². The zero-order valence-electron chi connectivity index (χ0n) is 23.0. The highest BCUT2D eigenvalue weighted by molar-refractivity contribution is 7.99. The number of fused-ring (bicyclic) bond motifs is 1. The molecular formula is C32H32N6OS. The number of benzene rings is 3. The van der Waals surface area contributed by atoms with Gasteiger partial charge in [-0.3, -0.25) is 4.79 Å². The van der Waals surface area contributed by atoms with Gasteiger partial charge in [0, 0.05) is 32.2 Å². The molecule has 0 bridgehead atoms. The second-order valence-electron chi connectivity index (χ2n) is 10.7. The van der Waals surface area contributed by atoms with Gasteiger partial charge < -0.3 is 16.4 Å². The number of anilines is 3. The molecule has 0 radical (unpaired) electrons. The smallest absolute Gasteiger partial charge is 0.251 e. The molecule has 4 N–H and O–H groups in total. The summed E-state index contributed by atoms with van der Waals surface area (Å²) in [6.07, 6.45) is 1.51. The molecule has 0 aliphatic rings. The Labute approximate surface area is 238 Å². The van der Waals surface area contributed by atoms with Gasteiger partial charge in [0.05, 0.1) is 17.1 Å². The van der Waals surface area contributed by atoms with Crippen molar-refractivity contribution in [2.75, 3.05) is 11.1 Å². The summed E-state index contributed by atoms with van der Waals surface area (Å²) < 4.78 is 0. The Morgan fingerprint density at radius 3 is 2.40 bits per heavy atom. The van der Waals surface area contributed by atoms with Gasteiger partial charge in [0.1, 0.15) is 12.1 Å². The van der Waals surface area contributed by atoms with Crippen LogP contribution in [0, 0.1) is 0 Å². The minimum Gasteiger partial charge on any atom is -0.399 e. The summed E-state index contributed by atoms with van der Waals surface area (Å²) in [5.41, 5.74) is 10.4. The molecule has 3 aromatic carbocycles. The van der Waals surface area contributed by atoms with E-state index in [1.165, 1.54) is 6.33 Å². The third-order valence-corrected chi connectivity index (χ3v) is 7.60. The van der Waals surface area contributed by atoms with Crippen molar-refractivity contribution in [2.45, 2.75) is 48.9 Å². The van der Waals surface area contributed by atoms with Crippen LogP contribution in [-0.4, -0.2) is 20.9 Å². The number of carbonyl (C=O) groups excluding carboxylic acids is 1. The summed E-state index contributed by atoms with van der Waals surface area (Å²) in [6, 6.07) is 27.1. The number of carbonyl (C=O) groups is 1. The van der Waals surface area contributed by atoms with Crippen molar-refractivity contribution in [1.82, 2.24) is 20.3 Å². The van der Waals surface area contributed by atoms with E-state index in [1.807, 2.05) is 91.9 Å². The fraction of sp³-hybridized carbons (Fsp3) is 0.188. The summed E-state index contributed by atoms with van der Waals surface area (Å²) in [6.45, 7) is 8.34. The normalized spacial score (nSPS) is 12.2. The van der Waals surface area contributed by atoms with Crippen molar-refractivity contribution in [3.8, 4) is 0 Å². The number of nitrogens with one attached hydrogen (secondary N) is 2. The predicted molar refractivity (Wildman–Crippen MR) is 163 cm³/mol. The van der Waals surface area contributed by atoms with E-state index in [2.05, 4.69) is 41.4 Å². The number of nitrogens with zero attached hydrogens (tertiary/aromatic N) is 3. The molecule has 40 heavy (non-hydrogen) atoms. The number of hydrogen-bond donors (Lipinski definition) is 3. The van der Waals surface area contributed by atoms with E-state index in [0.29, 0.717) is 22.7 Å². The molecule has 5 rings (SSSR count). The summed E-state index contributed by atoms with van der Waals surface area (Å²) in [5.74, 6) is 0.458. The van der Waals surface area contributed by atoms with Crippen LogP contribution < -0.4 is 16.4 Å². The number of pyridine rings is 1. The molecule has 0 spiro atoms. The highest BCUT2D eigenvalue weighted by atomic mass is 32.2. The van der Waals surface area contributed by atoms with Gasteiger partial charge in [-0.25, -0.2) is 15.0 Å². The average molecular weight is 549 g/mol. The molecule has 1 atom stereocenters. The Hall–Kier alpha value is -4.43. The Morgan fingerprint density at radius 1 is 0.925 bits per heavy atom. The first-order chi connectivity index (χ1) is 19.2. The van der Waals surface area contributed by atoms with E-state index < -0.39 is 0 Å². The first kappa shape index (κ1) is 27.1. The Balaban J connectivity index is 1.50. The summed E-state index contributed by atoms with van der Waals surface area (Å²) in [4.78, 5) is 29.0. The van der Waals surface area contributed by atoms with Crippen LogP contribution >= 0.6 is 11.8 Å². The lowest BCUT2D eigenvalue weighted by molar-refractivity contribution is 0.0940. The molecule has 5 aromatic rings. The molecule has 0 aliphatic heterocycles. The van der Waals surface area contributed by atoms with Gasteiger partial charge in [-0.05, 0) is 67.1 Å². The average Bonchev–Trinajstić information content (AvgIpc) is 2.95. The van der Waals surface area contributed by atoms with Gasteiger partial charge in [-0.2, -0.15) is 0 Å². The molecule has 0 saturated heterocycles. The van der Waals surface area contributed by atoms with Crippen molar-refractivity contribution in [3.05, 3.63) is 108 Å². The summed E-state index contributed by atoms with van der Waals surface area (Å²) in [5, 5.41) is 7.37. The van der Waals surface area contributed by atoms with Crippen LogP contribution in [0.5, 0.6) is 0 Å². The lowest BCUT2D eigenvalue weighted by Crippen LogP contribution is -2.26. The van der Waals surface area contributed by atoms with E-state index in [0.717, 1.165) is 32.1 Å². The van der Waals surface area contributed by atoms with Crippen LogP contribution in [0.1, 0.15) is 55.4 Å². The van der Waals surface area contributed by atoms with E-state index in [-0.39, 0.29) is 17.4 Å². The van der Waals surface area contributed by atoms with Crippen molar-refractivity contribution in [2.24, 2.45) is 0 Å². The van der Waals surface area contributed by atoms with Gasteiger partial charge in [0.25, 0.3) is 5.91 Å². The third kappa shape index (κ3) is 6.24. The monoisotopic (exact) mass is 548 g/mol. The van der Waals surface area contributed by atoms with Gasteiger partial charge in [0.15, 0.2) is 5.65 Å². The quantitative estimate of drug-likeness (QED) is 0.183. The minimum absolute atomic E-state index is 0.103. The van der Waals surface area contributed by atoms with E-state index in [4.69, 9.17) is 10.7 Å². The zero-order valence-corrected chi connectivity index (χ0v) is 23.8.